The lowest BCUT2D eigenvalue weighted by Gasteiger charge is -2.16. The number of hydrogen-bond acceptors (Lipinski definition) is 5. The minimum atomic E-state index is -3.50. The summed E-state index contributed by atoms with van der Waals surface area (Å²) in [5, 5.41) is 0. The van der Waals surface area contributed by atoms with Crippen molar-refractivity contribution < 1.29 is 8.42 Å². The molecule has 1 unspecified atom stereocenters. The summed E-state index contributed by atoms with van der Waals surface area (Å²) in [6, 6.07) is 3.04. The molecular weight excluding hydrogens is 264 g/mol. The summed E-state index contributed by atoms with van der Waals surface area (Å²) in [6.07, 6.45) is 5.46. The number of anilines is 1. The van der Waals surface area contributed by atoms with Crippen molar-refractivity contribution in [3.63, 3.8) is 0 Å². The Morgan fingerprint density at radius 3 is 2.68 bits per heavy atom. The van der Waals surface area contributed by atoms with E-state index in [0.29, 0.717) is 11.7 Å². The van der Waals surface area contributed by atoms with Crippen molar-refractivity contribution in [2.24, 2.45) is 11.8 Å². The van der Waals surface area contributed by atoms with E-state index >= 15 is 0 Å². The van der Waals surface area contributed by atoms with Crippen molar-refractivity contribution in [2.75, 3.05) is 5.43 Å². The van der Waals surface area contributed by atoms with Gasteiger partial charge in [0.15, 0.2) is 0 Å². The zero-order chi connectivity index (χ0) is 13.9. The van der Waals surface area contributed by atoms with E-state index < -0.39 is 10.0 Å². The molecule has 1 aliphatic rings. The molecule has 1 aromatic rings. The molecule has 106 valence electrons. The van der Waals surface area contributed by atoms with Gasteiger partial charge in [-0.15, -0.1) is 0 Å². The van der Waals surface area contributed by atoms with Crippen LogP contribution in [-0.2, 0) is 10.0 Å². The van der Waals surface area contributed by atoms with Crippen LogP contribution in [0.1, 0.15) is 32.6 Å². The average molecular weight is 284 g/mol. The molecule has 19 heavy (non-hydrogen) atoms. The van der Waals surface area contributed by atoms with Crippen LogP contribution in [0.2, 0.25) is 0 Å². The van der Waals surface area contributed by atoms with Crippen LogP contribution in [0.5, 0.6) is 0 Å². The molecule has 0 radical (unpaired) electrons. The molecule has 1 saturated carbocycles. The van der Waals surface area contributed by atoms with E-state index in [0.717, 1.165) is 12.8 Å². The van der Waals surface area contributed by atoms with E-state index in [1.807, 2.05) is 6.92 Å². The molecule has 7 heteroatoms. The summed E-state index contributed by atoms with van der Waals surface area (Å²) in [5.74, 6) is 6.32. The van der Waals surface area contributed by atoms with Gasteiger partial charge >= 0.3 is 0 Å². The van der Waals surface area contributed by atoms with Crippen LogP contribution in [0.3, 0.4) is 0 Å². The number of pyridine rings is 1. The molecule has 0 saturated heterocycles. The van der Waals surface area contributed by atoms with Crippen molar-refractivity contribution in [3.8, 4) is 0 Å². The second-order valence-electron chi connectivity index (χ2n) is 4.93. The molecule has 4 N–H and O–H groups in total. The summed E-state index contributed by atoms with van der Waals surface area (Å²) >= 11 is 0. The van der Waals surface area contributed by atoms with Gasteiger partial charge in [0, 0.05) is 12.2 Å². The number of nitrogen functional groups attached to an aromatic ring is 1. The smallest absolute Gasteiger partial charge is 0.242 e. The summed E-state index contributed by atoms with van der Waals surface area (Å²) in [4.78, 5) is 4.08. The quantitative estimate of drug-likeness (QED) is 0.517. The average Bonchev–Trinajstić information content (AvgIpc) is 3.21. The first-order valence-electron chi connectivity index (χ1n) is 6.50. The Balaban J connectivity index is 2.06. The van der Waals surface area contributed by atoms with Gasteiger partial charge in [-0.1, -0.05) is 19.8 Å². The highest BCUT2D eigenvalue weighted by Crippen LogP contribution is 2.34. The van der Waals surface area contributed by atoms with Crippen molar-refractivity contribution in [3.05, 3.63) is 18.3 Å². The molecule has 0 aliphatic heterocycles. The van der Waals surface area contributed by atoms with E-state index in [1.54, 1.807) is 0 Å². The van der Waals surface area contributed by atoms with Gasteiger partial charge in [0.2, 0.25) is 10.0 Å². The first-order valence-corrected chi connectivity index (χ1v) is 7.98. The first-order chi connectivity index (χ1) is 9.05. The standard InChI is InChI=1S/C12H20N4O2S/c1-2-10(7-9-3-4-9)16-19(17,18)11-5-6-12(15-13)14-8-11/h5-6,8-10,16H,2-4,7,13H2,1H3,(H,14,15). The summed E-state index contributed by atoms with van der Waals surface area (Å²) < 4.78 is 27.1. The molecular formula is C12H20N4O2S. The first kappa shape index (κ1) is 14.2. The van der Waals surface area contributed by atoms with Gasteiger partial charge in [0.25, 0.3) is 0 Å². The van der Waals surface area contributed by atoms with Crippen LogP contribution < -0.4 is 16.0 Å². The molecule has 1 atom stereocenters. The van der Waals surface area contributed by atoms with E-state index in [4.69, 9.17) is 5.84 Å². The predicted molar refractivity (Wildman–Crippen MR) is 73.8 cm³/mol. The van der Waals surface area contributed by atoms with Crippen molar-refractivity contribution in [1.82, 2.24) is 9.71 Å². The third-order valence-corrected chi connectivity index (χ3v) is 4.83. The van der Waals surface area contributed by atoms with Crippen molar-refractivity contribution >= 4 is 15.8 Å². The second kappa shape index (κ2) is 5.85. The van der Waals surface area contributed by atoms with Crippen LogP contribution in [0.15, 0.2) is 23.2 Å². The summed E-state index contributed by atoms with van der Waals surface area (Å²) in [6.45, 7) is 2.00. The Kier molecular flexibility index (Phi) is 4.38. The molecule has 1 fully saturated rings. The van der Waals surface area contributed by atoms with Gasteiger partial charge in [0.1, 0.15) is 10.7 Å². The van der Waals surface area contributed by atoms with Crippen molar-refractivity contribution in [2.45, 2.75) is 43.5 Å². The number of rotatable bonds is 7. The fourth-order valence-electron chi connectivity index (χ4n) is 1.97. The van der Waals surface area contributed by atoms with Crippen LogP contribution in [-0.4, -0.2) is 19.4 Å². The normalized spacial score (nSPS) is 17.2. The van der Waals surface area contributed by atoms with E-state index in [2.05, 4.69) is 15.1 Å². The van der Waals surface area contributed by atoms with Gasteiger partial charge in [0.05, 0.1) is 0 Å². The lowest BCUT2D eigenvalue weighted by molar-refractivity contribution is 0.495. The minimum absolute atomic E-state index is 0.00445. The van der Waals surface area contributed by atoms with Crippen LogP contribution in [0.25, 0.3) is 0 Å². The Bertz CT molecular complexity index is 511. The lowest BCUT2D eigenvalue weighted by atomic mass is 10.1. The van der Waals surface area contributed by atoms with Crippen LogP contribution >= 0.6 is 0 Å². The van der Waals surface area contributed by atoms with E-state index in [1.165, 1.54) is 31.2 Å². The number of nitrogens with one attached hydrogen (secondary N) is 2. The molecule has 0 amide bonds. The second-order valence-corrected chi connectivity index (χ2v) is 6.64. The van der Waals surface area contributed by atoms with Gasteiger partial charge in [-0.05, 0) is 30.9 Å². The summed E-state index contributed by atoms with van der Waals surface area (Å²) in [5.41, 5.74) is 2.37. The monoisotopic (exact) mass is 284 g/mol. The van der Waals surface area contributed by atoms with E-state index in [-0.39, 0.29) is 10.9 Å². The number of sulfonamides is 1. The number of aromatic nitrogens is 1. The minimum Gasteiger partial charge on any atom is -0.308 e. The lowest BCUT2D eigenvalue weighted by Crippen LogP contribution is -2.34. The number of hydrazine groups is 1. The number of hydrogen-bond donors (Lipinski definition) is 3. The highest BCUT2D eigenvalue weighted by atomic mass is 32.2. The molecule has 0 spiro atoms. The topological polar surface area (TPSA) is 97.1 Å². The maximum absolute atomic E-state index is 12.2. The Morgan fingerprint density at radius 1 is 1.47 bits per heavy atom. The Morgan fingerprint density at radius 2 is 2.21 bits per heavy atom. The molecule has 1 aliphatic carbocycles. The maximum atomic E-state index is 12.2. The van der Waals surface area contributed by atoms with Crippen LogP contribution in [0, 0.1) is 5.92 Å². The predicted octanol–water partition coefficient (Wildman–Crippen LogP) is 1.22. The van der Waals surface area contributed by atoms with Crippen molar-refractivity contribution in [1.29, 1.82) is 0 Å². The third-order valence-electron chi connectivity index (χ3n) is 3.32. The van der Waals surface area contributed by atoms with Gasteiger partial charge in [-0.2, -0.15) is 0 Å². The van der Waals surface area contributed by atoms with E-state index in [9.17, 15) is 8.42 Å². The molecule has 2 rings (SSSR count). The fourth-order valence-corrected chi connectivity index (χ4v) is 3.24. The fraction of sp³-hybridized carbons (Fsp3) is 0.583. The molecule has 1 aromatic heterocycles. The largest absolute Gasteiger partial charge is 0.308 e. The maximum Gasteiger partial charge on any atom is 0.242 e. The Labute approximate surface area is 113 Å². The Hall–Kier alpha value is -1.18. The van der Waals surface area contributed by atoms with Crippen LogP contribution in [0.4, 0.5) is 5.82 Å². The van der Waals surface area contributed by atoms with Gasteiger partial charge in [-0.25, -0.2) is 24.0 Å². The zero-order valence-corrected chi connectivity index (χ0v) is 11.8. The third kappa shape index (κ3) is 3.89. The number of nitrogens with zero attached hydrogens (tertiary/aromatic N) is 1. The highest BCUT2D eigenvalue weighted by Gasteiger charge is 2.27. The molecule has 6 nitrogen and oxygen atoms in total. The molecule has 0 aromatic carbocycles. The van der Waals surface area contributed by atoms with Gasteiger partial charge < -0.3 is 5.43 Å². The molecule has 1 heterocycles. The SMILES string of the molecule is CCC(CC1CC1)NS(=O)(=O)c1ccc(NN)nc1. The molecule has 0 bridgehead atoms. The number of nitrogens with two attached hydrogens (primary N) is 1. The highest BCUT2D eigenvalue weighted by molar-refractivity contribution is 7.89. The zero-order valence-electron chi connectivity index (χ0n) is 11.0. The summed E-state index contributed by atoms with van der Waals surface area (Å²) in [7, 11) is -3.50. The van der Waals surface area contributed by atoms with Gasteiger partial charge in [-0.3, -0.25) is 0 Å².